The number of amides is 2. The van der Waals surface area contributed by atoms with Crippen molar-refractivity contribution in [2.24, 2.45) is 0 Å². The van der Waals surface area contributed by atoms with Crippen LogP contribution < -0.4 is 21.3 Å². The number of allylic oxidation sites excluding steroid dienone is 4. The van der Waals surface area contributed by atoms with Gasteiger partial charge in [-0.2, -0.15) is 0 Å². The Kier molecular flexibility index (Phi) is 46.8. The molecule has 0 aliphatic rings. The van der Waals surface area contributed by atoms with Crippen molar-refractivity contribution in [2.75, 3.05) is 39.3 Å². The molecule has 5 N–H and O–H groups in total. The third-order valence-corrected chi connectivity index (χ3v) is 9.06. The summed E-state index contributed by atoms with van der Waals surface area (Å²) >= 11 is 0. The lowest BCUT2D eigenvalue weighted by Gasteiger charge is -2.09. The van der Waals surface area contributed by atoms with Crippen LogP contribution in [0.25, 0.3) is 0 Å². The van der Waals surface area contributed by atoms with Crippen molar-refractivity contribution in [2.45, 2.75) is 201 Å². The summed E-state index contributed by atoms with van der Waals surface area (Å²) in [5.74, 6) is -0.491. The van der Waals surface area contributed by atoms with Crippen LogP contribution in [0.5, 0.6) is 0 Å². The largest absolute Gasteiger partial charge is 0.481 e. The van der Waals surface area contributed by atoms with Gasteiger partial charge in [0.05, 0.1) is 0 Å². The second-order valence-corrected chi connectivity index (χ2v) is 14.4. The van der Waals surface area contributed by atoms with Crippen molar-refractivity contribution >= 4 is 17.8 Å². The zero-order valence-corrected chi connectivity index (χ0v) is 34.5. The third kappa shape index (κ3) is 52.2. The molecule has 52 heavy (non-hydrogen) atoms. The number of carboxylic acid groups (broad SMARTS) is 1. The second-order valence-electron chi connectivity index (χ2n) is 14.4. The Hall–Kier alpha value is -2.19. The molecule has 306 valence electrons. The molecule has 0 atom stereocenters. The highest BCUT2D eigenvalue weighted by molar-refractivity contribution is 5.76. The van der Waals surface area contributed by atoms with Crippen LogP contribution in [0.1, 0.15) is 201 Å². The molecule has 0 aromatic carbocycles. The van der Waals surface area contributed by atoms with Crippen molar-refractivity contribution in [1.82, 2.24) is 21.3 Å². The Morgan fingerprint density at radius 3 is 0.962 bits per heavy atom. The predicted octanol–water partition coefficient (Wildman–Crippen LogP) is 10.6. The van der Waals surface area contributed by atoms with E-state index in [4.69, 9.17) is 9.90 Å². The van der Waals surface area contributed by atoms with Gasteiger partial charge in [0.2, 0.25) is 11.8 Å². The molecule has 8 heteroatoms. The van der Waals surface area contributed by atoms with E-state index in [1.54, 1.807) is 0 Å². The summed E-state index contributed by atoms with van der Waals surface area (Å²) in [6.07, 6.45) is 44.0. The second kappa shape index (κ2) is 46.8. The Bertz CT molecular complexity index is 754. The molecule has 0 aromatic rings. The summed E-state index contributed by atoms with van der Waals surface area (Å²) in [5, 5.41) is 20.2. The van der Waals surface area contributed by atoms with E-state index in [0.29, 0.717) is 25.9 Å². The fraction of sp³-hybridized carbons (Fsp3) is 0.841. The van der Waals surface area contributed by atoms with Gasteiger partial charge in [-0.1, -0.05) is 141 Å². The monoisotopic (exact) mass is 735 g/mol. The van der Waals surface area contributed by atoms with Gasteiger partial charge in [-0.3, -0.25) is 14.4 Å². The lowest BCUT2D eigenvalue weighted by molar-refractivity contribution is -0.134. The highest BCUT2D eigenvalue weighted by Crippen LogP contribution is 2.11. The molecule has 0 fully saturated rings. The lowest BCUT2D eigenvalue weighted by Crippen LogP contribution is -2.37. The van der Waals surface area contributed by atoms with Gasteiger partial charge < -0.3 is 26.4 Å². The van der Waals surface area contributed by atoms with Crippen LogP contribution in [-0.4, -0.2) is 62.2 Å². The number of carbonyl (C=O) groups is 3. The first kappa shape index (κ1) is 51.9. The lowest BCUT2D eigenvalue weighted by atomic mass is 10.1. The van der Waals surface area contributed by atoms with Crippen molar-refractivity contribution in [3.05, 3.63) is 24.3 Å². The maximum Gasteiger partial charge on any atom is 0.300 e. The molecule has 0 saturated carbocycles. The summed E-state index contributed by atoms with van der Waals surface area (Å²) < 4.78 is 0. The van der Waals surface area contributed by atoms with E-state index in [2.05, 4.69) is 59.4 Å². The van der Waals surface area contributed by atoms with Crippen LogP contribution in [0.4, 0.5) is 0 Å². The quantitative estimate of drug-likeness (QED) is 0.0317. The number of rotatable bonds is 39. The van der Waals surface area contributed by atoms with E-state index in [1.807, 2.05) is 0 Å². The van der Waals surface area contributed by atoms with E-state index in [-0.39, 0.29) is 11.8 Å². The van der Waals surface area contributed by atoms with E-state index >= 15 is 0 Å². The highest BCUT2D eigenvalue weighted by atomic mass is 16.4. The molecule has 0 rings (SSSR count). The van der Waals surface area contributed by atoms with Gasteiger partial charge >= 0.3 is 0 Å². The number of aliphatic carboxylic acids is 1. The van der Waals surface area contributed by atoms with Crippen LogP contribution in [0.15, 0.2) is 24.3 Å². The molecule has 0 aliphatic heterocycles. The van der Waals surface area contributed by atoms with Gasteiger partial charge in [0.15, 0.2) is 0 Å². The molecule has 2 amide bonds. The van der Waals surface area contributed by atoms with Crippen LogP contribution in [-0.2, 0) is 14.4 Å². The maximum atomic E-state index is 12.0. The number of carboxylic acids is 1. The molecule has 0 unspecified atom stereocenters. The van der Waals surface area contributed by atoms with Crippen molar-refractivity contribution in [3.8, 4) is 0 Å². The molecule has 0 bridgehead atoms. The molecule has 8 nitrogen and oxygen atoms in total. The maximum absolute atomic E-state index is 12.0. The van der Waals surface area contributed by atoms with Crippen LogP contribution in [0.3, 0.4) is 0 Å². The van der Waals surface area contributed by atoms with Crippen LogP contribution in [0, 0.1) is 0 Å². The predicted molar refractivity (Wildman–Crippen MR) is 224 cm³/mol. The zero-order valence-electron chi connectivity index (χ0n) is 34.5. The number of nitrogens with one attached hydrogen (secondary N) is 4. The first-order valence-electron chi connectivity index (χ1n) is 21.9. The topological polar surface area (TPSA) is 120 Å². The molecule has 0 aromatic heterocycles. The van der Waals surface area contributed by atoms with E-state index in [0.717, 1.165) is 58.8 Å². The Balaban J connectivity index is 0. The summed E-state index contributed by atoms with van der Waals surface area (Å²) in [4.78, 5) is 33.1. The first-order valence-corrected chi connectivity index (χ1v) is 21.9. The summed E-state index contributed by atoms with van der Waals surface area (Å²) in [6.45, 7) is 10.3. The van der Waals surface area contributed by atoms with Gasteiger partial charge in [0.1, 0.15) is 0 Å². The molecular weight excluding hydrogens is 649 g/mol. The van der Waals surface area contributed by atoms with E-state index < -0.39 is 5.97 Å². The van der Waals surface area contributed by atoms with Crippen LogP contribution in [0.2, 0.25) is 0 Å². The Morgan fingerprint density at radius 1 is 0.404 bits per heavy atom. The first-order chi connectivity index (χ1) is 25.4. The average Bonchev–Trinajstić information content (AvgIpc) is 3.12. The van der Waals surface area contributed by atoms with Crippen molar-refractivity contribution in [1.29, 1.82) is 0 Å². The molecule has 0 saturated heterocycles. The van der Waals surface area contributed by atoms with E-state index in [9.17, 15) is 9.59 Å². The Morgan fingerprint density at radius 2 is 0.654 bits per heavy atom. The number of carbonyl (C=O) groups excluding carboxylic acids is 2. The highest BCUT2D eigenvalue weighted by Gasteiger charge is 2.02. The van der Waals surface area contributed by atoms with Crippen molar-refractivity contribution < 1.29 is 19.5 Å². The number of unbranched alkanes of at least 4 members (excludes halogenated alkanes) is 22. The molecule has 0 spiro atoms. The minimum Gasteiger partial charge on any atom is -0.481 e. The average molecular weight is 735 g/mol. The van der Waals surface area contributed by atoms with Gasteiger partial charge in [0.25, 0.3) is 5.97 Å². The van der Waals surface area contributed by atoms with Gasteiger partial charge in [-0.15, -0.1) is 0 Å². The minimum absolute atomic E-state index is 0.171. The summed E-state index contributed by atoms with van der Waals surface area (Å²) in [7, 11) is 0. The van der Waals surface area contributed by atoms with Crippen molar-refractivity contribution in [3.63, 3.8) is 0 Å². The molecule has 0 aliphatic carbocycles. The summed E-state index contributed by atoms with van der Waals surface area (Å²) in [6, 6.07) is 0. The summed E-state index contributed by atoms with van der Waals surface area (Å²) in [5.41, 5.74) is 0. The minimum atomic E-state index is -0.833. The zero-order chi connectivity index (χ0) is 38.4. The number of hydrogen-bond acceptors (Lipinski definition) is 5. The molecular formula is C44H86N4O4. The standard InChI is InChI=1S/C42H82N4O2.C2H4O2/c1-3-5-7-9-11-13-15-17-19-21-23-25-27-29-31-33-41(47)45-39-37-43-35-36-44-38-40-46-42(48)34-32-30-28-26-24-22-20-18-16-14-12-10-8-6-4-2;1-2(3)4/h17-20,43-44H,3-16,21-40H2,1-2H3,(H,45,47)(H,46,48);1H3,(H,3,4)/b19-17+,20-18+;. The van der Waals surface area contributed by atoms with Gasteiger partial charge in [-0.25, -0.2) is 0 Å². The molecule has 0 heterocycles. The third-order valence-electron chi connectivity index (χ3n) is 9.06. The van der Waals surface area contributed by atoms with Gasteiger partial charge in [0, 0.05) is 59.0 Å². The molecule has 0 radical (unpaired) electrons. The normalized spacial score (nSPS) is 11.2. The SMILES string of the molecule is CC(=O)O.CCCCCCCC/C=C/CCCCCCCC(=O)NCCNCCNCCNC(=O)CCCCCCC/C=C/CCCCCCCC. The van der Waals surface area contributed by atoms with Crippen LogP contribution >= 0.6 is 0 Å². The van der Waals surface area contributed by atoms with E-state index in [1.165, 1.54) is 141 Å². The Labute approximate surface area is 322 Å². The van der Waals surface area contributed by atoms with Gasteiger partial charge in [-0.05, 0) is 64.2 Å². The smallest absolute Gasteiger partial charge is 0.300 e. The fourth-order valence-electron chi connectivity index (χ4n) is 5.90. The fourth-order valence-corrected chi connectivity index (χ4v) is 5.90. The number of hydrogen-bond donors (Lipinski definition) is 5.